The Labute approximate surface area is 94.5 Å². The number of rotatable bonds is 8. The molecule has 0 radical (unpaired) electrons. The number of nitrogens with one attached hydrogen (secondary N) is 1. The van der Waals surface area contributed by atoms with E-state index in [0.717, 1.165) is 19.6 Å². The molecule has 0 aromatic heterocycles. The Morgan fingerprint density at radius 3 is 2.33 bits per heavy atom. The first-order valence-electron chi connectivity index (χ1n) is 5.83. The number of methoxy groups -OCH3 is 1. The molecule has 1 N–H and O–H groups in total. The molecule has 0 spiro atoms. The average molecular weight is 217 g/mol. The van der Waals surface area contributed by atoms with Crippen LogP contribution in [0.15, 0.2) is 0 Å². The summed E-state index contributed by atoms with van der Waals surface area (Å²) in [7, 11) is 1.74. The fourth-order valence-electron chi connectivity index (χ4n) is 1.22. The monoisotopic (exact) mass is 217 g/mol. The molecule has 0 aliphatic rings. The van der Waals surface area contributed by atoms with Crippen LogP contribution in [0.25, 0.3) is 0 Å². The highest BCUT2D eigenvalue weighted by atomic mass is 16.5. The van der Waals surface area contributed by atoms with Gasteiger partial charge in [0.05, 0.1) is 11.7 Å². The topological polar surface area (TPSA) is 30.5 Å². The smallest absolute Gasteiger partial charge is 0.0697 e. The van der Waals surface area contributed by atoms with Crippen molar-refractivity contribution in [1.82, 2.24) is 5.32 Å². The lowest BCUT2D eigenvalue weighted by molar-refractivity contribution is -0.0289. The van der Waals surface area contributed by atoms with Gasteiger partial charge in [-0.3, -0.25) is 0 Å². The molecular weight excluding hydrogens is 190 g/mol. The fourth-order valence-corrected chi connectivity index (χ4v) is 1.22. The molecule has 2 atom stereocenters. The molecule has 0 saturated heterocycles. The number of likely N-dealkylation sites (N-methyl/N-ethyl adjacent to an activating group) is 1. The van der Waals surface area contributed by atoms with Gasteiger partial charge in [-0.25, -0.2) is 0 Å². The third-order valence-corrected chi connectivity index (χ3v) is 2.87. The summed E-state index contributed by atoms with van der Waals surface area (Å²) >= 11 is 0. The maximum Gasteiger partial charge on any atom is 0.0697 e. The molecule has 0 saturated carbocycles. The summed E-state index contributed by atoms with van der Waals surface area (Å²) in [6.45, 7) is 12.2. The second-order valence-corrected chi connectivity index (χ2v) is 4.64. The van der Waals surface area contributed by atoms with Crippen molar-refractivity contribution in [3.63, 3.8) is 0 Å². The van der Waals surface area contributed by atoms with E-state index in [2.05, 4.69) is 39.9 Å². The van der Waals surface area contributed by atoms with Crippen LogP contribution in [0.5, 0.6) is 0 Å². The first-order chi connectivity index (χ1) is 6.93. The molecule has 15 heavy (non-hydrogen) atoms. The van der Waals surface area contributed by atoms with Gasteiger partial charge >= 0.3 is 0 Å². The van der Waals surface area contributed by atoms with E-state index >= 15 is 0 Å². The summed E-state index contributed by atoms with van der Waals surface area (Å²) in [4.78, 5) is 0. The van der Waals surface area contributed by atoms with Crippen molar-refractivity contribution in [2.45, 2.75) is 58.8 Å². The molecule has 0 heterocycles. The van der Waals surface area contributed by atoms with Crippen molar-refractivity contribution in [2.24, 2.45) is 0 Å². The standard InChI is InChI=1S/C12H27NO2/c1-7-13-10(2)11(3)15-9-8-12(4,5)14-6/h10-11,13H,7-9H2,1-6H3. The summed E-state index contributed by atoms with van der Waals surface area (Å²) in [5.41, 5.74) is -0.0822. The van der Waals surface area contributed by atoms with Crippen LogP contribution in [0.4, 0.5) is 0 Å². The minimum absolute atomic E-state index is 0.0822. The normalized spacial score (nSPS) is 16.4. The molecular formula is C12H27NO2. The molecule has 92 valence electrons. The van der Waals surface area contributed by atoms with Gasteiger partial charge in [0, 0.05) is 19.8 Å². The first kappa shape index (κ1) is 14.9. The van der Waals surface area contributed by atoms with E-state index in [9.17, 15) is 0 Å². The molecule has 2 unspecified atom stereocenters. The van der Waals surface area contributed by atoms with E-state index in [4.69, 9.17) is 9.47 Å². The lowest BCUT2D eigenvalue weighted by Crippen LogP contribution is -2.38. The zero-order chi connectivity index (χ0) is 11.9. The quantitative estimate of drug-likeness (QED) is 0.676. The van der Waals surface area contributed by atoms with Gasteiger partial charge in [-0.15, -0.1) is 0 Å². The van der Waals surface area contributed by atoms with Crippen molar-refractivity contribution < 1.29 is 9.47 Å². The van der Waals surface area contributed by atoms with E-state index in [-0.39, 0.29) is 11.7 Å². The lowest BCUT2D eigenvalue weighted by Gasteiger charge is -2.26. The summed E-state index contributed by atoms with van der Waals surface area (Å²) in [5, 5.41) is 3.35. The van der Waals surface area contributed by atoms with Crippen LogP contribution in [0.2, 0.25) is 0 Å². The van der Waals surface area contributed by atoms with Gasteiger partial charge in [-0.05, 0) is 40.7 Å². The maximum absolute atomic E-state index is 5.75. The second kappa shape index (κ2) is 7.20. The summed E-state index contributed by atoms with van der Waals surface area (Å²) < 4.78 is 11.1. The average Bonchev–Trinajstić information content (AvgIpc) is 2.18. The van der Waals surface area contributed by atoms with Crippen LogP contribution in [-0.2, 0) is 9.47 Å². The van der Waals surface area contributed by atoms with Gasteiger partial charge in [0.2, 0.25) is 0 Å². The van der Waals surface area contributed by atoms with E-state index in [1.54, 1.807) is 7.11 Å². The number of hydrogen-bond acceptors (Lipinski definition) is 3. The van der Waals surface area contributed by atoms with Crippen LogP contribution >= 0.6 is 0 Å². The minimum atomic E-state index is -0.0822. The van der Waals surface area contributed by atoms with E-state index < -0.39 is 0 Å². The zero-order valence-electron chi connectivity index (χ0n) is 11.1. The second-order valence-electron chi connectivity index (χ2n) is 4.64. The maximum atomic E-state index is 5.75. The van der Waals surface area contributed by atoms with Crippen LogP contribution in [0.3, 0.4) is 0 Å². The highest BCUT2D eigenvalue weighted by molar-refractivity contribution is 4.70. The third-order valence-electron chi connectivity index (χ3n) is 2.87. The van der Waals surface area contributed by atoms with E-state index in [1.807, 2.05) is 0 Å². The molecule has 0 aromatic rings. The van der Waals surface area contributed by atoms with Gasteiger partial charge in [-0.1, -0.05) is 6.92 Å². The van der Waals surface area contributed by atoms with Gasteiger partial charge in [-0.2, -0.15) is 0 Å². The van der Waals surface area contributed by atoms with Crippen LogP contribution in [-0.4, -0.2) is 38.0 Å². The predicted octanol–water partition coefficient (Wildman–Crippen LogP) is 2.20. The Morgan fingerprint density at radius 1 is 1.27 bits per heavy atom. The summed E-state index contributed by atoms with van der Waals surface area (Å²) in [6, 6.07) is 0.403. The van der Waals surface area contributed by atoms with Gasteiger partial charge in [0.25, 0.3) is 0 Å². The number of hydrogen-bond donors (Lipinski definition) is 1. The SMILES string of the molecule is CCNC(C)C(C)OCCC(C)(C)OC. The third kappa shape index (κ3) is 6.88. The van der Waals surface area contributed by atoms with Crippen molar-refractivity contribution in [1.29, 1.82) is 0 Å². The highest BCUT2D eigenvalue weighted by Crippen LogP contribution is 2.13. The van der Waals surface area contributed by atoms with Crippen molar-refractivity contribution in [3.8, 4) is 0 Å². The Hall–Kier alpha value is -0.120. The molecule has 3 nitrogen and oxygen atoms in total. The lowest BCUT2D eigenvalue weighted by atomic mass is 10.1. The highest BCUT2D eigenvalue weighted by Gasteiger charge is 2.17. The van der Waals surface area contributed by atoms with E-state index in [0.29, 0.717) is 6.04 Å². The summed E-state index contributed by atoms with van der Waals surface area (Å²) in [6.07, 6.45) is 1.17. The molecule has 0 aromatic carbocycles. The van der Waals surface area contributed by atoms with E-state index in [1.165, 1.54) is 0 Å². The molecule has 0 amide bonds. The predicted molar refractivity (Wildman–Crippen MR) is 64.3 cm³/mol. The largest absolute Gasteiger partial charge is 0.379 e. The number of ether oxygens (including phenoxy) is 2. The Bertz CT molecular complexity index is 160. The molecule has 0 fully saturated rings. The van der Waals surface area contributed by atoms with Crippen molar-refractivity contribution >= 4 is 0 Å². The first-order valence-corrected chi connectivity index (χ1v) is 5.83. The van der Waals surface area contributed by atoms with Gasteiger partial charge < -0.3 is 14.8 Å². The van der Waals surface area contributed by atoms with Crippen LogP contribution < -0.4 is 5.32 Å². The summed E-state index contributed by atoms with van der Waals surface area (Å²) in [5.74, 6) is 0. The minimum Gasteiger partial charge on any atom is -0.379 e. The molecule has 3 heteroatoms. The zero-order valence-corrected chi connectivity index (χ0v) is 11.1. The fraction of sp³-hybridized carbons (Fsp3) is 1.00. The molecule has 0 aliphatic heterocycles. The van der Waals surface area contributed by atoms with Gasteiger partial charge in [0.15, 0.2) is 0 Å². The van der Waals surface area contributed by atoms with Crippen LogP contribution in [0, 0.1) is 0 Å². The molecule has 0 bridgehead atoms. The Morgan fingerprint density at radius 2 is 1.87 bits per heavy atom. The van der Waals surface area contributed by atoms with Crippen molar-refractivity contribution in [2.75, 3.05) is 20.3 Å². The van der Waals surface area contributed by atoms with Gasteiger partial charge in [0.1, 0.15) is 0 Å². The van der Waals surface area contributed by atoms with Crippen molar-refractivity contribution in [3.05, 3.63) is 0 Å². The van der Waals surface area contributed by atoms with Crippen LogP contribution in [0.1, 0.15) is 41.0 Å². The molecule has 0 rings (SSSR count). The molecule has 0 aliphatic carbocycles. The Kier molecular flexibility index (Phi) is 7.14. The Balaban J connectivity index is 3.67.